The highest BCUT2D eigenvalue weighted by molar-refractivity contribution is 6.35. The predicted octanol–water partition coefficient (Wildman–Crippen LogP) is 3.29. The Morgan fingerprint density at radius 2 is 2.10 bits per heavy atom. The van der Waals surface area contributed by atoms with E-state index in [1.807, 2.05) is 0 Å². The number of hydrogen-bond donors (Lipinski definition) is 2. The van der Waals surface area contributed by atoms with E-state index in [1.165, 1.54) is 6.07 Å². The Labute approximate surface area is 126 Å². The van der Waals surface area contributed by atoms with Crippen molar-refractivity contribution in [2.45, 2.75) is 25.5 Å². The Kier molecular flexibility index (Phi) is 6.61. The Morgan fingerprint density at radius 3 is 2.65 bits per heavy atom. The lowest BCUT2D eigenvalue weighted by molar-refractivity contribution is -0.139. The molecule has 5 nitrogen and oxygen atoms in total. The summed E-state index contributed by atoms with van der Waals surface area (Å²) in [6.45, 7) is 3.47. The number of ether oxygens (including phenoxy) is 1. The quantitative estimate of drug-likeness (QED) is 0.843. The summed E-state index contributed by atoms with van der Waals surface area (Å²) in [6, 6.07) is 3.76. The van der Waals surface area contributed by atoms with Crippen molar-refractivity contribution < 1.29 is 19.4 Å². The number of carbonyl (C=O) groups excluding carboxylic acids is 1. The molecule has 1 rings (SSSR count). The number of benzene rings is 1. The Morgan fingerprint density at radius 1 is 1.40 bits per heavy atom. The van der Waals surface area contributed by atoms with Gasteiger partial charge in [-0.15, -0.1) is 0 Å². The van der Waals surface area contributed by atoms with E-state index < -0.39 is 18.1 Å². The highest BCUT2D eigenvalue weighted by atomic mass is 35.5. The maximum Gasteiger partial charge on any atom is 0.408 e. The number of carboxylic acids is 1. The zero-order valence-electron chi connectivity index (χ0n) is 10.6. The molecule has 1 radical (unpaired) electrons. The van der Waals surface area contributed by atoms with Crippen LogP contribution in [0.4, 0.5) is 4.79 Å². The first kappa shape index (κ1) is 16.6. The molecular formula is C13H14Cl2NO4. The van der Waals surface area contributed by atoms with Crippen LogP contribution in [-0.2, 0) is 16.1 Å². The molecule has 0 fully saturated rings. The molecule has 0 saturated carbocycles. The minimum absolute atomic E-state index is 0.0709. The molecule has 0 spiro atoms. The maximum absolute atomic E-state index is 11.5. The molecule has 0 aliphatic heterocycles. The summed E-state index contributed by atoms with van der Waals surface area (Å²) in [5.41, 5.74) is 0.579. The van der Waals surface area contributed by atoms with Gasteiger partial charge in [0.1, 0.15) is 12.6 Å². The van der Waals surface area contributed by atoms with Crippen molar-refractivity contribution in [1.29, 1.82) is 0 Å². The van der Waals surface area contributed by atoms with Crippen LogP contribution in [0.2, 0.25) is 10.0 Å². The van der Waals surface area contributed by atoms with Crippen molar-refractivity contribution in [3.63, 3.8) is 0 Å². The molecule has 0 bridgehead atoms. The average Bonchev–Trinajstić information content (AvgIpc) is 2.37. The van der Waals surface area contributed by atoms with Crippen molar-refractivity contribution in [3.05, 3.63) is 40.7 Å². The lowest BCUT2D eigenvalue weighted by Gasteiger charge is -2.14. The minimum Gasteiger partial charge on any atom is -0.480 e. The molecule has 1 amide bonds. The molecule has 1 aromatic carbocycles. The first-order chi connectivity index (χ1) is 9.43. The average molecular weight is 319 g/mol. The number of carboxylic acid groups (broad SMARTS) is 1. The van der Waals surface area contributed by atoms with Gasteiger partial charge in [-0.2, -0.15) is 0 Å². The van der Waals surface area contributed by atoms with E-state index in [4.69, 9.17) is 33.0 Å². The summed E-state index contributed by atoms with van der Waals surface area (Å²) >= 11 is 11.7. The lowest BCUT2D eigenvalue weighted by Crippen LogP contribution is -2.40. The molecule has 2 N–H and O–H groups in total. The van der Waals surface area contributed by atoms with E-state index in [-0.39, 0.29) is 13.0 Å². The van der Waals surface area contributed by atoms with Crippen LogP contribution in [-0.4, -0.2) is 23.2 Å². The van der Waals surface area contributed by atoms with Gasteiger partial charge in [-0.05, 0) is 18.6 Å². The van der Waals surface area contributed by atoms with Gasteiger partial charge >= 0.3 is 12.1 Å². The fourth-order valence-corrected chi connectivity index (χ4v) is 1.89. The number of halogens is 2. The van der Waals surface area contributed by atoms with Crippen LogP contribution in [0.1, 0.15) is 18.4 Å². The molecule has 1 aromatic rings. The molecule has 1 atom stereocenters. The fourth-order valence-electron chi connectivity index (χ4n) is 1.43. The first-order valence-corrected chi connectivity index (χ1v) is 6.59. The van der Waals surface area contributed by atoms with E-state index in [0.717, 1.165) is 0 Å². The van der Waals surface area contributed by atoms with Gasteiger partial charge in [0, 0.05) is 15.6 Å². The molecule has 20 heavy (non-hydrogen) atoms. The molecule has 0 heterocycles. The lowest BCUT2D eigenvalue weighted by atomic mass is 10.2. The number of amides is 1. The fraction of sp³-hybridized carbons (Fsp3) is 0.308. The third-order valence-corrected chi connectivity index (χ3v) is 3.04. The Bertz CT molecular complexity index is 493. The van der Waals surface area contributed by atoms with Crippen LogP contribution in [0.3, 0.4) is 0 Å². The van der Waals surface area contributed by atoms with Crippen LogP contribution in [0.5, 0.6) is 0 Å². The SMILES string of the molecule is [CH2]CCC(NC(=O)OCc1ccc(Cl)cc1Cl)C(=O)O. The topological polar surface area (TPSA) is 75.6 Å². The highest BCUT2D eigenvalue weighted by Gasteiger charge is 2.19. The van der Waals surface area contributed by atoms with Gasteiger partial charge in [0.2, 0.25) is 0 Å². The number of nitrogens with one attached hydrogen (secondary N) is 1. The third kappa shape index (κ3) is 5.27. The number of carbonyl (C=O) groups is 2. The normalized spacial score (nSPS) is 11.8. The molecule has 0 aliphatic rings. The van der Waals surface area contributed by atoms with E-state index >= 15 is 0 Å². The van der Waals surface area contributed by atoms with Crippen LogP contribution in [0, 0.1) is 6.92 Å². The Balaban J connectivity index is 2.52. The van der Waals surface area contributed by atoms with Gasteiger partial charge in [-0.3, -0.25) is 0 Å². The van der Waals surface area contributed by atoms with Gasteiger partial charge in [-0.25, -0.2) is 9.59 Å². The summed E-state index contributed by atoms with van der Waals surface area (Å²) in [4.78, 5) is 22.4. The summed E-state index contributed by atoms with van der Waals surface area (Å²) in [5, 5.41) is 12.0. The molecule has 7 heteroatoms. The molecule has 0 aliphatic carbocycles. The summed E-state index contributed by atoms with van der Waals surface area (Å²) < 4.78 is 4.91. The van der Waals surface area contributed by atoms with Crippen LogP contribution < -0.4 is 5.32 Å². The van der Waals surface area contributed by atoms with Gasteiger partial charge in [0.25, 0.3) is 0 Å². The molecule has 0 saturated heterocycles. The van der Waals surface area contributed by atoms with Gasteiger partial charge < -0.3 is 15.2 Å². The van der Waals surface area contributed by atoms with Crippen LogP contribution >= 0.6 is 23.2 Å². The highest BCUT2D eigenvalue weighted by Crippen LogP contribution is 2.21. The molecule has 1 unspecified atom stereocenters. The Hall–Kier alpha value is -1.46. The number of rotatable bonds is 6. The predicted molar refractivity (Wildman–Crippen MR) is 75.8 cm³/mol. The minimum atomic E-state index is -1.13. The smallest absolute Gasteiger partial charge is 0.408 e. The van der Waals surface area contributed by atoms with Crippen molar-refractivity contribution in [2.75, 3.05) is 0 Å². The second kappa shape index (κ2) is 7.97. The molecule has 109 valence electrons. The number of alkyl carbamates (subject to hydrolysis) is 1. The number of hydrogen-bond acceptors (Lipinski definition) is 3. The summed E-state index contributed by atoms with van der Waals surface area (Å²) in [6.07, 6.45) is -0.205. The van der Waals surface area contributed by atoms with Crippen molar-refractivity contribution in [1.82, 2.24) is 5.32 Å². The summed E-state index contributed by atoms with van der Waals surface area (Å²) in [5.74, 6) is -1.13. The molecule has 0 aromatic heterocycles. The van der Waals surface area contributed by atoms with Crippen LogP contribution in [0.25, 0.3) is 0 Å². The van der Waals surface area contributed by atoms with Crippen molar-refractivity contribution in [2.24, 2.45) is 0 Å². The van der Waals surface area contributed by atoms with E-state index in [9.17, 15) is 9.59 Å². The maximum atomic E-state index is 11.5. The van der Waals surface area contributed by atoms with E-state index in [1.54, 1.807) is 12.1 Å². The van der Waals surface area contributed by atoms with Crippen molar-refractivity contribution in [3.8, 4) is 0 Å². The van der Waals surface area contributed by atoms with E-state index in [0.29, 0.717) is 22.0 Å². The van der Waals surface area contributed by atoms with Gasteiger partial charge in [0.05, 0.1) is 0 Å². The van der Waals surface area contributed by atoms with Crippen LogP contribution in [0.15, 0.2) is 18.2 Å². The second-order valence-corrected chi connectivity index (χ2v) is 4.83. The zero-order valence-corrected chi connectivity index (χ0v) is 12.1. The number of aliphatic carboxylic acids is 1. The van der Waals surface area contributed by atoms with Gasteiger partial charge in [0.15, 0.2) is 0 Å². The van der Waals surface area contributed by atoms with E-state index in [2.05, 4.69) is 12.2 Å². The zero-order chi connectivity index (χ0) is 15.1. The standard InChI is InChI=1S/C13H14Cl2NO4/c1-2-3-11(12(17)18)16-13(19)20-7-8-4-5-9(14)6-10(8)15/h4-6,11H,1-3,7H2,(H,16,19)(H,17,18). The first-order valence-electron chi connectivity index (χ1n) is 5.83. The van der Waals surface area contributed by atoms with Crippen molar-refractivity contribution >= 4 is 35.3 Å². The molecular weight excluding hydrogens is 305 g/mol. The second-order valence-electron chi connectivity index (χ2n) is 3.99. The summed E-state index contributed by atoms with van der Waals surface area (Å²) in [7, 11) is 0. The van der Waals surface area contributed by atoms with Gasteiger partial charge in [-0.1, -0.05) is 42.6 Å². The third-order valence-electron chi connectivity index (χ3n) is 2.46. The largest absolute Gasteiger partial charge is 0.480 e. The monoisotopic (exact) mass is 318 g/mol.